The van der Waals surface area contributed by atoms with Gasteiger partial charge in [0.05, 0.1) is 6.10 Å². The van der Waals surface area contributed by atoms with Crippen LogP contribution in [0.4, 0.5) is 4.39 Å². The van der Waals surface area contributed by atoms with Crippen molar-refractivity contribution in [1.29, 1.82) is 0 Å². The number of aromatic nitrogens is 2. The van der Waals surface area contributed by atoms with Crippen LogP contribution in [-0.4, -0.2) is 34.1 Å². The van der Waals surface area contributed by atoms with E-state index in [1.54, 1.807) is 12.1 Å². The summed E-state index contributed by atoms with van der Waals surface area (Å²) >= 11 is 0. The minimum absolute atomic E-state index is 0.195. The van der Waals surface area contributed by atoms with E-state index >= 15 is 0 Å². The zero-order valence-corrected chi connectivity index (χ0v) is 15.0. The Balaban J connectivity index is 1.70. The van der Waals surface area contributed by atoms with Crippen molar-refractivity contribution >= 4 is 0 Å². The predicted octanol–water partition coefficient (Wildman–Crippen LogP) is 3.92. The van der Waals surface area contributed by atoms with Crippen molar-refractivity contribution < 1.29 is 9.13 Å². The van der Waals surface area contributed by atoms with Gasteiger partial charge in [-0.1, -0.05) is 26.0 Å². The van der Waals surface area contributed by atoms with Gasteiger partial charge >= 0.3 is 0 Å². The van der Waals surface area contributed by atoms with Gasteiger partial charge in [-0.2, -0.15) is 0 Å². The fraction of sp³-hybridized carbons (Fsp3) is 0.500. The second kappa shape index (κ2) is 8.50. The van der Waals surface area contributed by atoms with Gasteiger partial charge in [0.15, 0.2) is 0 Å². The zero-order valence-electron chi connectivity index (χ0n) is 15.0. The van der Waals surface area contributed by atoms with E-state index in [0.29, 0.717) is 12.5 Å². The molecule has 134 valence electrons. The van der Waals surface area contributed by atoms with E-state index < -0.39 is 0 Å². The van der Waals surface area contributed by atoms with Gasteiger partial charge in [0.1, 0.15) is 11.6 Å². The van der Waals surface area contributed by atoms with Gasteiger partial charge in [-0.25, -0.2) is 14.4 Å². The van der Waals surface area contributed by atoms with Gasteiger partial charge in [0.25, 0.3) is 0 Å². The van der Waals surface area contributed by atoms with Gasteiger partial charge < -0.3 is 4.74 Å². The zero-order chi connectivity index (χ0) is 17.6. The van der Waals surface area contributed by atoms with Gasteiger partial charge in [0.2, 0.25) is 0 Å². The Morgan fingerprint density at radius 2 is 1.96 bits per heavy atom. The maximum absolute atomic E-state index is 13.5. The molecule has 1 aliphatic heterocycles. The van der Waals surface area contributed by atoms with Crippen LogP contribution >= 0.6 is 0 Å². The summed E-state index contributed by atoms with van der Waals surface area (Å²) in [5, 5.41) is 0. The molecule has 0 bridgehead atoms. The van der Waals surface area contributed by atoms with Crippen LogP contribution < -0.4 is 0 Å². The van der Waals surface area contributed by atoms with Crippen LogP contribution in [0, 0.1) is 5.82 Å². The van der Waals surface area contributed by atoms with Crippen LogP contribution in [0.15, 0.2) is 36.7 Å². The Hall–Kier alpha value is -1.85. The highest BCUT2D eigenvalue weighted by Gasteiger charge is 2.20. The van der Waals surface area contributed by atoms with Crippen molar-refractivity contribution in [1.82, 2.24) is 14.9 Å². The lowest BCUT2D eigenvalue weighted by Crippen LogP contribution is -2.31. The number of hydrogen-bond donors (Lipinski definition) is 0. The Labute approximate surface area is 149 Å². The van der Waals surface area contributed by atoms with Crippen molar-refractivity contribution in [2.75, 3.05) is 13.2 Å². The third kappa shape index (κ3) is 5.31. The Kier molecular flexibility index (Phi) is 6.10. The number of ether oxygens (including phenoxy) is 1. The topological polar surface area (TPSA) is 38.2 Å². The number of nitrogens with zero attached hydrogens (tertiary/aromatic N) is 3. The highest BCUT2D eigenvalue weighted by atomic mass is 19.1. The first-order valence-electron chi connectivity index (χ1n) is 8.99. The quantitative estimate of drug-likeness (QED) is 0.764. The predicted molar refractivity (Wildman–Crippen MR) is 95.6 cm³/mol. The fourth-order valence-corrected chi connectivity index (χ4v) is 3.16. The normalized spacial score (nSPS) is 17.6. The van der Waals surface area contributed by atoms with Crippen molar-refractivity contribution in [3.63, 3.8) is 0 Å². The summed E-state index contributed by atoms with van der Waals surface area (Å²) in [5.74, 6) is 0.989. The minimum Gasteiger partial charge on any atom is -0.377 e. The summed E-state index contributed by atoms with van der Waals surface area (Å²) in [7, 11) is 0. The highest BCUT2D eigenvalue weighted by Crippen LogP contribution is 2.18. The molecule has 4 nitrogen and oxygen atoms in total. The molecular formula is C20H26FN3O. The SMILES string of the molecule is CC(C)c1ncc(CN(Cc2cccc(F)c2)C[C@@H]2CCCO2)cn1. The van der Waals surface area contributed by atoms with Crippen LogP contribution in [0.1, 0.15) is 49.6 Å². The molecule has 0 saturated carbocycles. The summed E-state index contributed by atoms with van der Waals surface area (Å²) in [6, 6.07) is 6.80. The average molecular weight is 343 g/mol. The minimum atomic E-state index is -0.195. The second-order valence-corrected chi connectivity index (χ2v) is 7.04. The van der Waals surface area contributed by atoms with E-state index in [1.165, 1.54) is 6.07 Å². The van der Waals surface area contributed by atoms with E-state index in [0.717, 1.165) is 49.5 Å². The molecule has 3 rings (SSSR count). The Morgan fingerprint density at radius 1 is 1.20 bits per heavy atom. The van der Waals surface area contributed by atoms with Crippen LogP contribution in [0.5, 0.6) is 0 Å². The smallest absolute Gasteiger partial charge is 0.130 e. The molecule has 1 atom stereocenters. The molecule has 0 aliphatic carbocycles. The maximum Gasteiger partial charge on any atom is 0.130 e. The van der Waals surface area contributed by atoms with Crippen molar-refractivity contribution in [2.24, 2.45) is 0 Å². The van der Waals surface area contributed by atoms with E-state index in [-0.39, 0.29) is 11.9 Å². The fourth-order valence-electron chi connectivity index (χ4n) is 3.16. The summed E-state index contributed by atoms with van der Waals surface area (Å²) in [6.45, 7) is 7.26. The summed E-state index contributed by atoms with van der Waals surface area (Å²) in [6.07, 6.45) is 6.25. The van der Waals surface area contributed by atoms with Crippen molar-refractivity contribution in [2.45, 2.75) is 51.8 Å². The molecule has 1 aliphatic rings. The number of benzene rings is 1. The third-order valence-corrected chi connectivity index (χ3v) is 4.43. The van der Waals surface area contributed by atoms with Gasteiger partial charge in [-0.05, 0) is 30.5 Å². The van der Waals surface area contributed by atoms with E-state index in [9.17, 15) is 4.39 Å². The lowest BCUT2D eigenvalue weighted by Gasteiger charge is -2.25. The molecule has 0 spiro atoms. The van der Waals surface area contributed by atoms with Gasteiger partial charge in [0, 0.05) is 50.1 Å². The molecule has 2 aromatic rings. The molecule has 1 aromatic heterocycles. The van der Waals surface area contributed by atoms with Crippen LogP contribution in [-0.2, 0) is 17.8 Å². The average Bonchev–Trinajstić information content (AvgIpc) is 3.08. The van der Waals surface area contributed by atoms with Crippen LogP contribution in [0.25, 0.3) is 0 Å². The lowest BCUT2D eigenvalue weighted by molar-refractivity contribution is 0.0678. The molecule has 1 aromatic carbocycles. The largest absolute Gasteiger partial charge is 0.377 e. The maximum atomic E-state index is 13.5. The van der Waals surface area contributed by atoms with E-state index in [2.05, 4.69) is 28.7 Å². The molecule has 2 heterocycles. The molecule has 1 fully saturated rings. The second-order valence-electron chi connectivity index (χ2n) is 7.04. The monoisotopic (exact) mass is 343 g/mol. The Bertz CT molecular complexity index is 669. The van der Waals surface area contributed by atoms with Gasteiger partial charge in [-0.3, -0.25) is 4.90 Å². The first kappa shape index (κ1) is 18.0. The molecule has 0 unspecified atom stereocenters. The van der Waals surface area contributed by atoms with Gasteiger partial charge in [-0.15, -0.1) is 0 Å². The van der Waals surface area contributed by atoms with Crippen molar-refractivity contribution in [3.05, 3.63) is 59.4 Å². The van der Waals surface area contributed by atoms with Crippen LogP contribution in [0.2, 0.25) is 0 Å². The molecule has 0 N–H and O–H groups in total. The number of halogens is 1. The molecular weight excluding hydrogens is 317 g/mol. The Morgan fingerprint density at radius 3 is 2.60 bits per heavy atom. The van der Waals surface area contributed by atoms with E-state index in [1.807, 2.05) is 18.5 Å². The third-order valence-electron chi connectivity index (χ3n) is 4.43. The number of rotatable bonds is 7. The standard InChI is InChI=1S/C20H26FN3O/c1-15(2)20-22-10-17(11-23-20)13-24(14-19-7-4-8-25-19)12-16-5-3-6-18(21)9-16/h3,5-6,9-11,15,19H,4,7-8,12-14H2,1-2H3/t19-/m0/s1. The lowest BCUT2D eigenvalue weighted by atomic mass is 10.1. The summed E-state index contributed by atoms with van der Waals surface area (Å²) in [5.41, 5.74) is 2.04. The molecule has 1 saturated heterocycles. The van der Waals surface area contributed by atoms with E-state index in [4.69, 9.17) is 4.74 Å². The van der Waals surface area contributed by atoms with Crippen molar-refractivity contribution in [3.8, 4) is 0 Å². The molecule has 5 heteroatoms. The van der Waals surface area contributed by atoms with Crippen LogP contribution in [0.3, 0.4) is 0 Å². The molecule has 0 amide bonds. The molecule has 0 radical (unpaired) electrons. The number of hydrogen-bond acceptors (Lipinski definition) is 4. The first-order chi connectivity index (χ1) is 12.1. The highest BCUT2D eigenvalue weighted by molar-refractivity contribution is 5.16. The molecule has 25 heavy (non-hydrogen) atoms. The summed E-state index contributed by atoms with van der Waals surface area (Å²) < 4.78 is 19.3. The first-order valence-corrected chi connectivity index (χ1v) is 8.99. The summed E-state index contributed by atoms with van der Waals surface area (Å²) in [4.78, 5) is 11.2.